The van der Waals surface area contributed by atoms with Crippen molar-refractivity contribution in [2.75, 3.05) is 0 Å². The molecule has 1 atom stereocenters. The molecule has 1 aromatic rings. The van der Waals surface area contributed by atoms with Gasteiger partial charge in [-0.15, -0.1) is 0 Å². The largest absolute Gasteiger partial charge is 0.506 e. The molecular weight excluding hydrogens is 300 g/mol. The molecule has 0 bridgehead atoms. The number of nitrogens with zero attached hydrogens (tertiary/aromatic N) is 1. The molecule has 0 aliphatic heterocycles. The zero-order valence-corrected chi connectivity index (χ0v) is 9.63. The number of aromatic hydroxyl groups is 1. The highest BCUT2D eigenvalue weighted by atomic mass is 79.9. The van der Waals surface area contributed by atoms with Gasteiger partial charge in [-0.05, 0) is 28.1 Å². The molecule has 0 spiro atoms. The Balaban J connectivity index is 3.35. The van der Waals surface area contributed by atoms with Gasteiger partial charge < -0.3 is 10.8 Å². The molecule has 1 unspecified atom stereocenters. The van der Waals surface area contributed by atoms with E-state index in [1.807, 2.05) is 6.07 Å². The first-order chi connectivity index (χ1) is 6.07. The van der Waals surface area contributed by atoms with Gasteiger partial charge in [0.05, 0.1) is 10.5 Å². The minimum absolute atomic E-state index is 0.00317. The molecule has 0 fully saturated rings. The lowest BCUT2D eigenvalue weighted by Crippen LogP contribution is -2.08. The van der Waals surface area contributed by atoms with E-state index in [0.717, 1.165) is 0 Å². The standard InChI is InChI=1S/C8H6Br2N2O/c9-4-1-2-5(10)8(13)7(4)6(12)3-11/h1-2,6,13H,12H2. The van der Waals surface area contributed by atoms with Gasteiger partial charge >= 0.3 is 0 Å². The van der Waals surface area contributed by atoms with Crippen LogP contribution in [0.5, 0.6) is 5.75 Å². The SMILES string of the molecule is N#CC(N)c1c(Br)ccc(Br)c1O. The van der Waals surface area contributed by atoms with Crippen LogP contribution in [0.15, 0.2) is 21.1 Å². The van der Waals surface area contributed by atoms with Crippen LogP contribution >= 0.6 is 31.9 Å². The third-order valence-corrected chi connectivity index (χ3v) is 2.90. The summed E-state index contributed by atoms with van der Waals surface area (Å²) < 4.78 is 1.15. The first-order valence-electron chi connectivity index (χ1n) is 3.40. The van der Waals surface area contributed by atoms with Crippen molar-refractivity contribution in [1.82, 2.24) is 0 Å². The van der Waals surface area contributed by atoms with Gasteiger partial charge in [-0.1, -0.05) is 15.9 Å². The van der Waals surface area contributed by atoms with Crippen molar-refractivity contribution < 1.29 is 5.11 Å². The Morgan fingerprint density at radius 1 is 1.38 bits per heavy atom. The number of benzene rings is 1. The van der Waals surface area contributed by atoms with Gasteiger partial charge in [-0.3, -0.25) is 0 Å². The van der Waals surface area contributed by atoms with E-state index in [-0.39, 0.29) is 5.75 Å². The Kier molecular flexibility index (Phi) is 3.31. The fourth-order valence-electron chi connectivity index (χ4n) is 0.917. The number of hydrogen-bond donors (Lipinski definition) is 2. The van der Waals surface area contributed by atoms with Crippen LogP contribution < -0.4 is 5.73 Å². The second kappa shape index (κ2) is 4.09. The van der Waals surface area contributed by atoms with Gasteiger partial charge in [-0.2, -0.15) is 5.26 Å². The maximum Gasteiger partial charge on any atom is 0.136 e. The molecule has 0 saturated carbocycles. The quantitative estimate of drug-likeness (QED) is 0.837. The van der Waals surface area contributed by atoms with Gasteiger partial charge in [0.2, 0.25) is 0 Å². The van der Waals surface area contributed by atoms with Crippen LogP contribution in [-0.4, -0.2) is 5.11 Å². The highest BCUT2D eigenvalue weighted by Crippen LogP contribution is 2.36. The first kappa shape index (κ1) is 10.5. The van der Waals surface area contributed by atoms with E-state index >= 15 is 0 Å². The third-order valence-electron chi connectivity index (χ3n) is 1.56. The average Bonchev–Trinajstić information content (AvgIpc) is 2.12. The summed E-state index contributed by atoms with van der Waals surface area (Å²) >= 11 is 6.35. The molecule has 13 heavy (non-hydrogen) atoms. The number of halogens is 2. The molecule has 1 rings (SSSR count). The number of nitrogens with two attached hydrogens (primary N) is 1. The van der Waals surface area contributed by atoms with Gasteiger partial charge in [0.25, 0.3) is 0 Å². The highest BCUT2D eigenvalue weighted by Gasteiger charge is 2.15. The molecule has 0 saturated heterocycles. The number of hydrogen-bond acceptors (Lipinski definition) is 3. The summed E-state index contributed by atoms with van der Waals surface area (Å²) in [6.07, 6.45) is 0. The smallest absolute Gasteiger partial charge is 0.136 e. The normalized spacial score (nSPS) is 12.2. The number of phenolic OH excluding ortho intramolecular Hbond substituents is 1. The van der Waals surface area contributed by atoms with Gasteiger partial charge in [-0.25, -0.2) is 0 Å². The zero-order chi connectivity index (χ0) is 10.0. The summed E-state index contributed by atoms with van der Waals surface area (Å²) in [7, 11) is 0. The Morgan fingerprint density at radius 2 is 1.92 bits per heavy atom. The zero-order valence-electron chi connectivity index (χ0n) is 6.46. The highest BCUT2D eigenvalue weighted by molar-refractivity contribution is 9.11. The molecule has 3 N–H and O–H groups in total. The van der Waals surface area contributed by atoms with E-state index in [1.54, 1.807) is 12.1 Å². The second-order valence-corrected chi connectivity index (χ2v) is 4.11. The van der Waals surface area contributed by atoms with Gasteiger partial charge in [0, 0.05) is 10.0 Å². The van der Waals surface area contributed by atoms with Crippen LogP contribution in [0.25, 0.3) is 0 Å². The summed E-state index contributed by atoms with van der Waals surface area (Å²) in [5.41, 5.74) is 5.89. The third kappa shape index (κ3) is 2.02. The molecule has 68 valence electrons. The molecular formula is C8H6Br2N2O. The molecule has 1 aromatic carbocycles. The van der Waals surface area contributed by atoms with Crippen LogP contribution in [0.3, 0.4) is 0 Å². The summed E-state index contributed by atoms with van der Waals surface area (Å²) in [5, 5.41) is 18.2. The van der Waals surface area contributed by atoms with Crippen molar-refractivity contribution in [2.24, 2.45) is 5.73 Å². The minimum atomic E-state index is -0.827. The molecule has 0 heterocycles. The van der Waals surface area contributed by atoms with Crippen LogP contribution in [0.2, 0.25) is 0 Å². The Labute approximate surface area is 92.4 Å². The molecule has 0 aliphatic carbocycles. The molecule has 5 heteroatoms. The summed E-state index contributed by atoms with van der Waals surface area (Å²) in [4.78, 5) is 0. The van der Waals surface area contributed by atoms with Crippen LogP contribution in [0.4, 0.5) is 0 Å². The molecule has 3 nitrogen and oxygen atoms in total. The fraction of sp³-hybridized carbons (Fsp3) is 0.125. The van der Waals surface area contributed by atoms with Crippen molar-refractivity contribution >= 4 is 31.9 Å². The number of rotatable bonds is 1. The number of phenols is 1. The lowest BCUT2D eigenvalue weighted by Gasteiger charge is -2.09. The second-order valence-electron chi connectivity index (χ2n) is 2.40. The monoisotopic (exact) mass is 304 g/mol. The molecule has 0 radical (unpaired) electrons. The van der Waals surface area contributed by atoms with Gasteiger partial charge in [0.15, 0.2) is 0 Å². The predicted octanol–water partition coefficient (Wildman–Crippen LogP) is 2.44. The van der Waals surface area contributed by atoms with Crippen LogP contribution in [-0.2, 0) is 0 Å². The van der Waals surface area contributed by atoms with E-state index in [0.29, 0.717) is 14.5 Å². The lowest BCUT2D eigenvalue weighted by molar-refractivity contribution is 0.462. The predicted molar refractivity (Wildman–Crippen MR) is 56.0 cm³/mol. The first-order valence-corrected chi connectivity index (χ1v) is 4.98. The maximum absolute atomic E-state index is 9.57. The number of nitriles is 1. The van der Waals surface area contributed by atoms with E-state index < -0.39 is 6.04 Å². The Hall–Kier alpha value is -0.570. The van der Waals surface area contributed by atoms with E-state index in [1.165, 1.54) is 0 Å². The van der Waals surface area contributed by atoms with Crippen molar-refractivity contribution in [3.05, 3.63) is 26.6 Å². The van der Waals surface area contributed by atoms with Crippen molar-refractivity contribution in [3.8, 4) is 11.8 Å². The molecule has 0 aliphatic rings. The van der Waals surface area contributed by atoms with Crippen molar-refractivity contribution in [1.29, 1.82) is 5.26 Å². The summed E-state index contributed by atoms with van der Waals surface area (Å²) in [5.74, 6) is 0.00317. The molecule has 0 amide bonds. The van der Waals surface area contributed by atoms with Crippen LogP contribution in [0, 0.1) is 11.3 Å². The Bertz CT molecular complexity index is 373. The van der Waals surface area contributed by atoms with E-state index in [9.17, 15) is 5.11 Å². The average molecular weight is 306 g/mol. The van der Waals surface area contributed by atoms with Crippen molar-refractivity contribution in [2.45, 2.75) is 6.04 Å². The van der Waals surface area contributed by atoms with Crippen LogP contribution in [0.1, 0.15) is 11.6 Å². The topological polar surface area (TPSA) is 70.0 Å². The molecule has 0 aromatic heterocycles. The Morgan fingerprint density at radius 3 is 2.46 bits per heavy atom. The van der Waals surface area contributed by atoms with Crippen molar-refractivity contribution in [3.63, 3.8) is 0 Å². The fourth-order valence-corrected chi connectivity index (χ4v) is 1.83. The van der Waals surface area contributed by atoms with Gasteiger partial charge in [0.1, 0.15) is 11.8 Å². The summed E-state index contributed by atoms with van der Waals surface area (Å²) in [6.45, 7) is 0. The lowest BCUT2D eigenvalue weighted by atomic mass is 10.1. The minimum Gasteiger partial charge on any atom is -0.506 e. The van der Waals surface area contributed by atoms with E-state index in [2.05, 4.69) is 31.9 Å². The van der Waals surface area contributed by atoms with E-state index in [4.69, 9.17) is 11.0 Å². The maximum atomic E-state index is 9.57. The summed E-state index contributed by atoms with van der Waals surface area (Å²) in [6, 6.07) is 4.42.